The van der Waals surface area contributed by atoms with E-state index >= 15 is 0 Å². The number of aromatic hydroxyl groups is 1. The maximum atomic E-state index is 9.30. The number of nitrogens with one attached hydrogen (secondary N) is 1. The van der Waals surface area contributed by atoms with Crippen LogP contribution in [0.4, 0.5) is 0 Å². The first-order chi connectivity index (χ1) is 9.66. The molecule has 2 N–H and O–H groups in total. The second kappa shape index (κ2) is 7.65. The molecular formula is C17H28N2O. The second-order valence-electron chi connectivity index (χ2n) is 6.05. The highest BCUT2D eigenvalue weighted by molar-refractivity contribution is 5.25. The van der Waals surface area contributed by atoms with Crippen LogP contribution in [0.1, 0.15) is 38.2 Å². The molecule has 20 heavy (non-hydrogen) atoms. The summed E-state index contributed by atoms with van der Waals surface area (Å²) in [6, 6.07) is 8.93. The number of hydrogen-bond donors (Lipinski definition) is 2. The van der Waals surface area contributed by atoms with Gasteiger partial charge in [-0.2, -0.15) is 0 Å². The van der Waals surface area contributed by atoms with Gasteiger partial charge in [0.2, 0.25) is 0 Å². The lowest BCUT2D eigenvalue weighted by Crippen LogP contribution is -2.39. The molecule has 2 rings (SSSR count). The van der Waals surface area contributed by atoms with E-state index in [-0.39, 0.29) is 0 Å². The number of hydrogen-bond acceptors (Lipinski definition) is 3. The van der Waals surface area contributed by atoms with E-state index in [9.17, 15) is 5.11 Å². The monoisotopic (exact) mass is 276 g/mol. The Morgan fingerprint density at radius 2 is 2.00 bits per heavy atom. The maximum Gasteiger partial charge on any atom is 0.115 e. The van der Waals surface area contributed by atoms with Gasteiger partial charge in [-0.25, -0.2) is 0 Å². The van der Waals surface area contributed by atoms with Crippen molar-refractivity contribution in [3.05, 3.63) is 29.8 Å². The highest BCUT2D eigenvalue weighted by Gasteiger charge is 2.20. The van der Waals surface area contributed by atoms with Crippen molar-refractivity contribution in [3.63, 3.8) is 0 Å². The van der Waals surface area contributed by atoms with Crippen LogP contribution >= 0.6 is 0 Å². The average Bonchev–Trinajstić information content (AvgIpc) is 2.74. The molecule has 1 saturated heterocycles. The fraction of sp³-hybridized carbons (Fsp3) is 0.647. The van der Waals surface area contributed by atoms with E-state index in [1.165, 1.54) is 37.8 Å². The molecule has 0 bridgehead atoms. The Hall–Kier alpha value is -1.06. The molecule has 3 heteroatoms. The summed E-state index contributed by atoms with van der Waals surface area (Å²) < 4.78 is 0. The molecular weight excluding hydrogens is 248 g/mol. The van der Waals surface area contributed by atoms with E-state index in [4.69, 9.17) is 0 Å². The molecule has 2 unspecified atom stereocenters. The SMILES string of the molecule is CC(CCc1ccc(O)cc1)N(C)C1CCCNCC1. The van der Waals surface area contributed by atoms with Gasteiger partial charge in [0.15, 0.2) is 0 Å². The molecule has 1 fully saturated rings. The van der Waals surface area contributed by atoms with Gasteiger partial charge in [-0.05, 0) is 76.9 Å². The van der Waals surface area contributed by atoms with Crippen molar-refractivity contribution in [1.82, 2.24) is 10.2 Å². The molecule has 1 aliphatic rings. The number of aryl methyl sites for hydroxylation is 1. The Kier molecular flexibility index (Phi) is 5.86. The number of phenols is 1. The van der Waals surface area contributed by atoms with Crippen molar-refractivity contribution >= 4 is 0 Å². The molecule has 0 radical (unpaired) electrons. The van der Waals surface area contributed by atoms with Gasteiger partial charge in [0.25, 0.3) is 0 Å². The topological polar surface area (TPSA) is 35.5 Å². The summed E-state index contributed by atoms with van der Waals surface area (Å²) in [5.41, 5.74) is 1.31. The molecule has 1 aliphatic heterocycles. The van der Waals surface area contributed by atoms with Crippen LogP contribution < -0.4 is 5.32 Å². The lowest BCUT2D eigenvalue weighted by Gasteiger charge is -2.32. The van der Waals surface area contributed by atoms with Crippen LogP contribution in [0.2, 0.25) is 0 Å². The Morgan fingerprint density at radius 3 is 2.75 bits per heavy atom. The summed E-state index contributed by atoms with van der Waals surface area (Å²) in [7, 11) is 2.28. The Bertz CT molecular complexity index is 382. The summed E-state index contributed by atoms with van der Waals surface area (Å²) >= 11 is 0. The smallest absolute Gasteiger partial charge is 0.115 e. The average molecular weight is 276 g/mol. The minimum atomic E-state index is 0.352. The zero-order valence-electron chi connectivity index (χ0n) is 12.8. The normalized spacial score (nSPS) is 21.6. The van der Waals surface area contributed by atoms with Gasteiger partial charge in [-0.3, -0.25) is 0 Å². The standard InChI is InChI=1S/C17H28N2O/c1-14(5-6-15-7-9-17(20)10-8-15)19(2)16-4-3-12-18-13-11-16/h7-10,14,16,18,20H,3-6,11-13H2,1-2H3. The van der Waals surface area contributed by atoms with E-state index in [2.05, 4.69) is 24.2 Å². The van der Waals surface area contributed by atoms with Crippen molar-refractivity contribution in [2.75, 3.05) is 20.1 Å². The van der Waals surface area contributed by atoms with Gasteiger partial charge in [-0.15, -0.1) is 0 Å². The molecule has 0 amide bonds. The quantitative estimate of drug-likeness (QED) is 0.868. The van der Waals surface area contributed by atoms with Crippen molar-refractivity contribution in [1.29, 1.82) is 0 Å². The number of rotatable bonds is 5. The van der Waals surface area contributed by atoms with Gasteiger partial charge in [0.1, 0.15) is 5.75 Å². The van der Waals surface area contributed by atoms with E-state index < -0.39 is 0 Å². The van der Waals surface area contributed by atoms with E-state index in [1.54, 1.807) is 12.1 Å². The van der Waals surface area contributed by atoms with Crippen molar-refractivity contribution < 1.29 is 5.11 Å². The first kappa shape index (κ1) is 15.3. The first-order valence-electron chi connectivity index (χ1n) is 7.87. The summed E-state index contributed by atoms with van der Waals surface area (Å²) in [5, 5.41) is 12.8. The summed E-state index contributed by atoms with van der Waals surface area (Å²) in [4.78, 5) is 2.56. The number of benzene rings is 1. The molecule has 3 nitrogen and oxygen atoms in total. The Balaban J connectivity index is 1.80. The largest absolute Gasteiger partial charge is 0.508 e. The van der Waals surface area contributed by atoms with Crippen LogP contribution in [0, 0.1) is 0 Å². The first-order valence-corrected chi connectivity index (χ1v) is 7.87. The van der Waals surface area contributed by atoms with Crippen LogP contribution in [0.5, 0.6) is 5.75 Å². The van der Waals surface area contributed by atoms with Crippen LogP contribution in [-0.4, -0.2) is 42.2 Å². The highest BCUT2D eigenvalue weighted by atomic mass is 16.3. The fourth-order valence-corrected chi connectivity index (χ4v) is 3.01. The van der Waals surface area contributed by atoms with Crippen LogP contribution in [-0.2, 0) is 6.42 Å². The van der Waals surface area contributed by atoms with Crippen LogP contribution in [0.15, 0.2) is 24.3 Å². The number of nitrogens with zero attached hydrogens (tertiary/aromatic N) is 1. The predicted molar refractivity (Wildman–Crippen MR) is 84.2 cm³/mol. The zero-order valence-corrected chi connectivity index (χ0v) is 12.8. The van der Waals surface area contributed by atoms with E-state index in [0.29, 0.717) is 11.8 Å². The van der Waals surface area contributed by atoms with E-state index in [1.807, 2.05) is 12.1 Å². The predicted octanol–water partition coefficient (Wildman–Crippen LogP) is 2.79. The zero-order chi connectivity index (χ0) is 14.4. The minimum absolute atomic E-state index is 0.352. The maximum absolute atomic E-state index is 9.30. The van der Waals surface area contributed by atoms with Crippen LogP contribution in [0.25, 0.3) is 0 Å². The molecule has 112 valence electrons. The molecule has 2 atom stereocenters. The van der Waals surface area contributed by atoms with Gasteiger partial charge in [-0.1, -0.05) is 12.1 Å². The molecule has 0 saturated carbocycles. The van der Waals surface area contributed by atoms with Crippen molar-refractivity contribution in [2.45, 2.75) is 51.1 Å². The molecule has 0 spiro atoms. The molecule has 1 aromatic carbocycles. The molecule has 0 aliphatic carbocycles. The third-order valence-electron chi connectivity index (χ3n) is 4.60. The molecule has 1 heterocycles. The van der Waals surface area contributed by atoms with Crippen LogP contribution in [0.3, 0.4) is 0 Å². The fourth-order valence-electron chi connectivity index (χ4n) is 3.01. The van der Waals surface area contributed by atoms with Crippen molar-refractivity contribution in [2.24, 2.45) is 0 Å². The Labute approximate surface area is 123 Å². The van der Waals surface area contributed by atoms with Gasteiger partial charge >= 0.3 is 0 Å². The lowest BCUT2D eigenvalue weighted by molar-refractivity contribution is 0.163. The summed E-state index contributed by atoms with van der Waals surface area (Å²) in [6.07, 6.45) is 6.12. The molecule has 1 aromatic rings. The van der Waals surface area contributed by atoms with Gasteiger partial charge in [0.05, 0.1) is 0 Å². The number of phenolic OH excluding ortho intramolecular Hbond substituents is 1. The van der Waals surface area contributed by atoms with Crippen molar-refractivity contribution in [3.8, 4) is 5.75 Å². The summed E-state index contributed by atoms with van der Waals surface area (Å²) in [6.45, 7) is 4.66. The van der Waals surface area contributed by atoms with E-state index in [0.717, 1.165) is 19.0 Å². The highest BCUT2D eigenvalue weighted by Crippen LogP contribution is 2.18. The Morgan fingerprint density at radius 1 is 1.25 bits per heavy atom. The minimum Gasteiger partial charge on any atom is -0.508 e. The lowest BCUT2D eigenvalue weighted by atomic mass is 10.0. The second-order valence-corrected chi connectivity index (χ2v) is 6.05. The summed E-state index contributed by atoms with van der Waals surface area (Å²) in [5.74, 6) is 0.352. The third-order valence-corrected chi connectivity index (χ3v) is 4.60. The van der Waals surface area contributed by atoms with Gasteiger partial charge < -0.3 is 15.3 Å². The molecule has 0 aromatic heterocycles. The third kappa shape index (κ3) is 4.50. The van der Waals surface area contributed by atoms with Gasteiger partial charge in [0, 0.05) is 12.1 Å².